The standard InChI is InChI=1S/C13H14Cl2N2O3/c14-9-2-1-3-10(15)12(9)13(20)17-6-4-16(5-7-17)8-11(18)19/h1-3H,4-8H2,(H,18,19). The summed E-state index contributed by atoms with van der Waals surface area (Å²) in [4.78, 5) is 26.5. The first-order valence-electron chi connectivity index (χ1n) is 6.16. The van der Waals surface area contributed by atoms with Crippen LogP contribution >= 0.6 is 23.2 Å². The second kappa shape index (κ2) is 6.43. The van der Waals surface area contributed by atoms with Gasteiger partial charge in [-0.25, -0.2) is 0 Å². The van der Waals surface area contributed by atoms with Crippen molar-refractivity contribution in [3.05, 3.63) is 33.8 Å². The molecule has 0 atom stereocenters. The number of carbonyl (C=O) groups excluding carboxylic acids is 1. The van der Waals surface area contributed by atoms with E-state index in [2.05, 4.69) is 0 Å². The molecular formula is C13H14Cl2N2O3. The van der Waals surface area contributed by atoms with Crippen LogP contribution in [0.3, 0.4) is 0 Å². The Morgan fingerprint density at radius 3 is 2.15 bits per heavy atom. The molecule has 1 aromatic carbocycles. The molecule has 0 unspecified atom stereocenters. The number of hydrogen-bond acceptors (Lipinski definition) is 3. The van der Waals surface area contributed by atoms with Gasteiger partial charge in [0.15, 0.2) is 0 Å². The molecule has 20 heavy (non-hydrogen) atoms. The van der Waals surface area contributed by atoms with Crippen LogP contribution in [-0.2, 0) is 4.79 Å². The quantitative estimate of drug-likeness (QED) is 0.924. The molecule has 0 radical (unpaired) electrons. The highest BCUT2D eigenvalue weighted by atomic mass is 35.5. The number of carbonyl (C=O) groups is 2. The molecule has 1 aliphatic heterocycles. The Hall–Kier alpha value is -1.30. The SMILES string of the molecule is O=C(O)CN1CCN(C(=O)c2c(Cl)cccc2Cl)CC1. The van der Waals surface area contributed by atoms with Gasteiger partial charge < -0.3 is 10.0 Å². The molecule has 1 fully saturated rings. The number of rotatable bonds is 3. The van der Waals surface area contributed by atoms with E-state index in [0.717, 1.165) is 0 Å². The zero-order valence-corrected chi connectivity index (χ0v) is 12.2. The van der Waals surface area contributed by atoms with Gasteiger partial charge in [-0.15, -0.1) is 0 Å². The van der Waals surface area contributed by atoms with Gasteiger partial charge in [0, 0.05) is 26.2 Å². The number of benzene rings is 1. The number of hydrogen-bond donors (Lipinski definition) is 1. The number of aliphatic carboxylic acids is 1. The lowest BCUT2D eigenvalue weighted by atomic mass is 10.1. The molecule has 0 aliphatic carbocycles. The predicted molar refractivity (Wildman–Crippen MR) is 76.4 cm³/mol. The predicted octanol–water partition coefficient (Wildman–Crippen LogP) is 1.84. The van der Waals surface area contributed by atoms with Crippen molar-refractivity contribution in [2.45, 2.75) is 0 Å². The zero-order valence-electron chi connectivity index (χ0n) is 10.7. The summed E-state index contributed by atoms with van der Waals surface area (Å²) in [6.45, 7) is 1.98. The molecule has 0 spiro atoms. The van der Waals surface area contributed by atoms with Gasteiger partial charge in [0.1, 0.15) is 0 Å². The molecule has 7 heteroatoms. The van der Waals surface area contributed by atoms with Crippen molar-refractivity contribution in [2.24, 2.45) is 0 Å². The summed E-state index contributed by atoms with van der Waals surface area (Å²) in [5.41, 5.74) is 0.308. The van der Waals surface area contributed by atoms with Gasteiger partial charge in [0.2, 0.25) is 0 Å². The van der Waals surface area contributed by atoms with Crippen molar-refractivity contribution < 1.29 is 14.7 Å². The summed E-state index contributed by atoms with van der Waals surface area (Å²) in [5.74, 6) is -1.07. The molecule has 1 aliphatic rings. The number of halogens is 2. The van der Waals surface area contributed by atoms with Crippen LogP contribution in [0.25, 0.3) is 0 Å². The highest BCUT2D eigenvalue weighted by Crippen LogP contribution is 2.26. The monoisotopic (exact) mass is 316 g/mol. The van der Waals surface area contributed by atoms with Crippen LogP contribution in [0.2, 0.25) is 10.0 Å². The molecule has 1 saturated heterocycles. The molecule has 1 heterocycles. The highest BCUT2D eigenvalue weighted by Gasteiger charge is 2.25. The molecule has 0 saturated carbocycles. The van der Waals surface area contributed by atoms with Crippen LogP contribution < -0.4 is 0 Å². The average Bonchev–Trinajstić information content (AvgIpc) is 2.38. The minimum absolute atomic E-state index is 0.00508. The summed E-state index contributed by atoms with van der Waals surface area (Å²) in [6.07, 6.45) is 0. The van der Waals surface area contributed by atoms with Crippen molar-refractivity contribution in [3.63, 3.8) is 0 Å². The summed E-state index contributed by atoms with van der Waals surface area (Å²) >= 11 is 12.0. The minimum atomic E-state index is -0.862. The van der Waals surface area contributed by atoms with Gasteiger partial charge in [0.05, 0.1) is 22.2 Å². The van der Waals surface area contributed by atoms with Gasteiger partial charge in [-0.1, -0.05) is 29.3 Å². The first-order valence-corrected chi connectivity index (χ1v) is 6.92. The normalized spacial score (nSPS) is 16.2. The Morgan fingerprint density at radius 2 is 1.65 bits per heavy atom. The van der Waals surface area contributed by atoms with Gasteiger partial charge in [-0.05, 0) is 12.1 Å². The fourth-order valence-electron chi connectivity index (χ4n) is 2.16. The smallest absolute Gasteiger partial charge is 0.317 e. The second-order valence-corrected chi connectivity index (χ2v) is 5.37. The third kappa shape index (κ3) is 3.42. The maximum absolute atomic E-state index is 12.4. The van der Waals surface area contributed by atoms with Crippen molar-refractivity contribution in [1.29, 1.82) is 0 Å². The maximum atomic E-state index is 12.4. The van der Waals surface area contributed by atoms with E-state index >= 15 is 0 Å². The Bertz CT molecular complexity index is 508. The van der Waals surface area contributed by atoms with E-state index in [-0.39, 0.29) is 12.5 Å². The lowest BCUT2D eigenvalue weighted by molar-refractivity contribution is -0.138. The van der Waals surface area contributed by atoms with E-state index in [1.165, 1.54) is 0 Å². The number of piperazine rings is 1. The van der Waals surface area contributed by atoms with E-state index in [1.54, 1.807) is 28.0 Å². The third-order valence-electron chi connectivity index (χ3n) is 3.19. The van der Waals surface area contributed by atoms with Crippen molar-refractivity contribution >= 4 is 35.1 Å². The number of carboxylic acid groups (broad SMARTS) is 1. The molecule has 0 bridgehead atoms. The van der Waals surface area contributed by atoms with Crippen LogP contribution in [0.15, 0.2) is 18.2 Å². The molecule has 5 nitrogen and oxygen atoms in total. The maximum Gasteiger partial charge on any atom is 0.317 e. The van der Waals surface area contributed by atoms with Crippen LogP contribution in [0.5, 0.6) is 0 Å². The first-order chi connectivity index (χ1) is 9.49. The van der Waals surface area contributed by atoms with Crippen LogP contribution in [0, 0.1) is 0 Å². The Morgan fingerprint density at radius 1 is 1.10 bits per heavy atom. The zero-order chi connectivity index (χ0) is 14.7. The lowest BCUT2D eigenvalue weighted by Crippen LogP contribution is -2.50. The van der Waals surface area contributed by atoms with E-state index in [4.69, 9.17) is 28.3 Å². The molecule has 0 aromatic heterocycles. The van der Waals surface area contributed by atoms with Crippen LogP contribution in [0.1, 0.15) is 10.4 Å². The Labute approximate surface area is 126 Å². The van der Waals surface area contributed by atoms with Gasteiger partial charge >= 0.3 is 5.97 Å². The number of amides is 1. The summed E-state index contributed by atoms with van der Waals surface area (Å²) in [5, 5.41) is 9.39. The largest absolute Gasteiger partial charge is 0.480 e. The molecule has 108 valence electrons. The average molecular weight is 317 g/mol. The molecular weight excluding hydrogens is 303 g/mol. The molecule has 1 aromatic rings. The Balaban J connectivity index is 2.04. The minimum Gasteiger partial charge on any atom is -0.480 e. The number of carboxylic acids is 1. The van der Waals surface area contributed by atoms with Crippen molar-refractivity contribution in [1.82, 2.24) is 9.80 Å². The van der Waals surface area contributed by atoms with Crippen LogP contribution in [0.4, 0.5) is 0 Å². The van der Waals surface area contributed by atoms with Gasteiger partial charge in [-0.2, -0.15) is 0 Å². The third-order valence-corrected chi connectivity index (χ3v) is 3.82. The van der Waals surface area contributed by atoms with Crippen LogP contribution in [-0.4, -0.2) is 59.5 Å². The number of nitrogens with zero attached hydrogens (tertiary/aromatic N) is 2. The highest BCUT2D eigenvalue weighted by molar-refractivity contribution is 6.39. The topological polar surface area (TPSA) is 60.9 Å². The van der Waals surface area contributed by atoms with E-state index < -0.39 is 5.97 Å². The van der Waals surface area contributed by atoms with E-state index in [1.807, 2.05) is 0 Å². The van der Waals surface area contributed by atoms with Gasteiger partial charge in [-0.3, -0.25) is 14.5 Å². The first kappa shape index (κ1) is 15.1. The summed E-state index contributed by atoms with van der Waals surface area (Å²) in [6, 6.07) is 4.94. The van der Waals surface area contributed by atoms with Gasteiger partial charge in [0.25, 0.3) is 5.91 Å². The molecule has 2 rings (SSSR count). The summed E-state index contributed by atoms with van der Waals surface area (Å²) in [7, 11) is 0. The summed E-state index contributed by atoms with van der Waals surface area (Å²) < 4.78 is 0. The van der Waals surface area contributed by atoms with Crippen molar-refractivity contribution in [2.75, 3.05) is 32.7 Å². The van der Waals surface area contributed by atoms with E-state index in [0.29, 0.717) is 41.8 Å². The fraction of sp³-hybridized carbons (Fsp3) is 0.385. The fourth-order valence-corrected chi connectivity index (χ4v) is 2.72. The molecule has 1 N–H and O–H groups in total. The Kier molecular flexibility index (Phi) is 4.86. The molecule has 1 amide bonds. The second-order valence-electron chi connectivity index (χ2n) is 4.56. The van der Waals surface area contributed by atoms with E-state index in [9.17, 15) is 9.59 Å². The lowest BCUT2D eigenvalue weighted by Gasteiger charge is -2.34. The van der Waals surface area contributed by atoms with Crippen molar-refractivity contribution in [3.8, 4) is 0 Å².